The van der Waals surface area contributed by atoms with Crippen LogP contribution in [-0.2, 0) is 6.54 Å². The molecule has 0 spiro atoms. The average molecular weight is 326 g/mol. The Morgan fingerprint density at radius 1 is 1.38 bits per heavy atom. The second-order valence-corrected chi connectivity index (χ2v) is 5.45. The molecule has 0 bridgehead atoms. The van der Waals surface area contributed by atoms with E-state index < -0.39 is 4.92 Å². The lowest BCUT2D eigenvalue weighted by Crippen LogP contribution is -2.19. The van der Waals surface area contributed by atoms with E-state index in [0.717, 1.165) is 11.1 Å². The van der Waals surface area contributed by atoms with Crippen LogP contribution in [-0.4, -0.2) is 17.0 Å². The van der Waals surface area contributed by atoms with Crippen LogP contribution >= 0.6 is 23.2 Å². The molecule has 0 unspecified atom stereocenters. The third kappa shape index (κ3) is 3.43. The van der Waals surface area contributed by atoms with Crippen molar-refractivity contribution in [3.63, 3.8) is 0 Å². The molecule has 1 aromatic carbocycles. The molecule has 0 fully saturated rings. The standard InChI is InChI=1S/C14H13Cl2N3O2/c1-9-6-11(19(20)21)7-17-14(9)18(2)8-10-4-3-5-12(15)13(10)16/h3-7H,8H2,1-2H3. The number of halogens is 2. The molecule has 5 nitrogen and oxygen atoms in total. The molecule has 2 rings (SSSR count). The fourth-order valence-electron chi connectivity index (χ4n) is 2.05. The second-order valence-electron chi connectivity index (χ2n) is 4.66. The van der Waals surface area contributed by atoms with Gasteiger partial charge in [0, 0.05) is 19.7 Å². The van der Waals surface area contributed by atoms with E-state index >= 15 is 0 Å². The lowest BCUT2D eigenvalue weighted by atomic mass is 10.2. The Hall–Kier alpha value is -1.85. The summed E-state index contributed by atoms with van der Waals surface area (Å²) in [5.74, 6) is 0.664. The largest absolute Gasteiger partial charge is 0.355 e. The van der Waals surface area contributed by atoms with Gasteiger partial charge in [0.05, 0.1) is 15.0 Å². The number of aromatic nitrogens is 1. The molecule has 7 heteroatoms. The Labute approximate surface area is 132 Å². The second kappa shape index (κ2) is 6.28. The monoisotopic (exact) mass is 325 g/mol. The minimum absolute atomic E-state index is 0.0227. The van der Waals surface area contributed by atoms with Gasteiger partial charge in [-0.2, -0.15) is 0 Å². The number of aryl methyl sites for hydroxylation is 1. The number of hydrogen-bond donors (Lipinski definition) is 0. The van der Waals surface area contributed by atoms with E-state index in [9.17, 15) is 10.1 Å². The predicted octanol–water partition coefficient (Wildman–Crippen LogP) is 4.24. The summed E-state index contributed by atoms with van der Waals surface area (Å²) >= 11 is 12.2. The summed E-state index contributed by atoms with van der Waals surface area (Å²) in [6.45, 7) is 2.29. The Bertz CT molecular complexity index is 692. The summed E-state index contributed by atoms with van der Waals surface area (Å²) < 4.78 is 0. The van der Waals surface area contributed by atoms with Gasteiger partial charge >= 0.3 is 0 Å². The van der Waals surface area contributed by atoms with Crippen LogP contribution in [0.4, 0.5) is 11.5 Å². The number of nitro groups is 1. The SMILES string of the molecule is Cc1cc([N+](=O)[O-])cnc1N(C)Cc1cccc(Cl)c1Cl. The molecular formula is C14H13Cl2N3O2. The lowest BCUT2D eigenvalue weighted by Gasteiger charge is -2.20. The first-order valence-electron chi connectivity index (χ1n) is 6.15. The van der Waals surface area contributed by atoms with E-state index in [1.165, 1.54) is 12.3 Å². The van der Waals surface area contributed by atoms with Gasteiger partial charge in [0.1, 0.15) is 12.0 Å². The highest BCUT2D eigenvalue weighted by Crippen LogP contribution is 2.28. The molecule has 0 saturated carbocycles. The summed E-state index contributed by atoms with van der Waals surface area (Å²) in [5, 5.41) is 11.7. The third-order valence-electron chi connectivity index (χ3n) is 3.05. The maximum Gasteiger partial charge on any atom is 0.287 e. The van der Waals surface area contributed by atoms with E-state index in [2.05, 4.69) is 4.98 Å². The Morgan fingerprint density at radius 3 is 2.71 bits per heavy atom. The maximum absolute atomic E-state index is 10.7. The molecule has 2 aromatic rings. The molecule has 0 radical (unpaired) electrons. The molecule has 0 aliphatic rings. The zero-order valence-electron chi connectivity index (χ0n) is 11.5. The van der Waals surface area contributed by atoms with Crippen molar-refractivity contribution in [1.82, 2.24) is 4.98 Å². The van der Waals surface area contributed by atoms with Crippen molar-refractivity contribution in [3.8, 4) is 0 Å². The third-order valence-corrected chi connectivity index (χ3v) is 3.91. The Kier molecular flexibility index (Phi) is 4.65. The van der Waals surface area contributed by atoms with Crippen molar-refractivity contribution in [1.29, 1.82) is 0 Å². The smallest absolute Gasteiger partial charge is 0.287 e. The Balaban J connectivity index is 2.26. The maximum atomic E-state index is 10.7. The first kappa shape index (κ1) is 15.5. The summed E-state index contributed by atoms with van der Waals surface area (Å²) in [5.41, 5.74) is 1.57. The fraction of sp³-hybridized carbons (Fsp3) is 0.214. The molecule has 0 aliphatic carbocycles. The highest BCUT2D eigenvalue weighted by molar-refractivity contribution is 6.42. The number of anilines is 1. The van der Waals surface area contributed by atoms with Crippen molar-refractivity contribution < 1.29 is 4.92 Å². The van der Waals surface area contributed by atoms with Crippen LogP contribution in [0.15, 0.2) is 30.5 Å². The van der Waals surface area contributed by atoms with Gasteiger partial charge in [-0.05, 0) is 24.1 Å². The quantitative estimate of drug-likeness (QED) is 0.623. The van der Waals surface area contributed by atoms with Gasteiger partial charge in [-0.1, -0.05) is 35.3 Å². The van der Waals surface area contributed by atoms with Crippen molar-refractivity contribution in [2.45, 2.75) is 13.5 Å². The van der Waals surface area contributed by atoms with Gasteiger partial charge in [-0.15, -0.1) is 0 Å². The molecule has 0 atom stereocenters. The van der Waals surface area contributed by atoms with Crippen molar-refractivity contribution >= 4 is 34.7 Å². The van der Waals surface area contributed by atoms with Gasteiger partial charge in [-0.3, -0.25) is 10.1 Å². The molecule has 0 saturated heterocycles. The van der Waals surface area contributed by atoms with Gasteiger partial charge in [0.2, 0.25) is 0 Å². The molecule has 1 aromatic heterocycles. The van der Waals surface area contributed by atoms with Gasteiger partial charge in [0.25, 0.3) is 5.69 Å². The van der Waals surface area contributed by atoms with E-state index in [-0.39, 0.29) is 5.69 Å². The van der Waals surface area contributed by atoms with E-state index in [1.54, 1.807) is 13.0 Å². The minimum Gasteiger partial charge on any atom is -0.355 e. The van der Waals surface area contributed by atoms with Crippen LogP contribution in [0.5, 0.6) is 0 Å². The predicted molar refractivity (Wildman–Crippen MR) is 84.2 cm³/mol. The van der Waals surface area contributed by atoms with Crippen molar-refractivity contribution in [2.24, 2.45) is 0 Å². The van der Waals surface area contributed by atoms with E-state index in [4.69, 9.17) is 23.2 Å². The van der Waals surface area contributed by atoms with Crippen LogP contribution in [0.3, 0.4) is 0 Å². The molecule has 0 amide bonds. The summed E-state index contributed by atoms with van der Waals surface area (Å²) in [6, 6.07) is 6.93. The summed E-state index contributed by atoms with van der Waals surface area (Å²) in [6.07, 6.45) is 1.25. The highest BCUT2D eigenvalue weighted by atomic mass is 35.5. The van der Waals surface area contributed by atoms with Crippen LogP contribution in [0, 0.1) is 17.0 Å². The zero-order chi connectivity index (χ0) is 15.6. The Morgan fingerprint density at radius 2 is 2.10 bits per heavy atom. The first-order valence-corrected chi connectivity index (χ1v) is 6.91. The number of rotatable bonds is 4. The van der Waals surface area contributed by atoms with E-state index in [0.29, 0.717) is 22.4 Å². The van der Waals surface area contributed by atoms with Crippen molar-refractivity contribution in [3.05, 3.63) is 61.7 Å². The van der Waals surface area contributed by atoms with Crippen molar-refractivity contribution in [2.75, 3.05) is 11.9 Å². The molecule has 0 N–H and O–H groups in total. The van der Waals surface area contributed by atoms with Gasteiger partial charge in [-0.25, -0.2) is 4.98 Å². The molecule has 110 valence electrons. The first-order chi connectivity index (χ1) is 9.90. The summed E-state index contributed by atoms with van der Waals surface area (Å²) in [7, 11) is 1.85. The topological polar surface area (TPSA) is 59.3 Å². The number of benzene rings is 1. The number of nitrogens with zero attached hydrogens (tertiary/aromatic N) is 3. The van der Waals surface area contributed by atoms with Crippen LogP contribution in [0.1, 0.15) is 11.1 Å². The highest BCUT2D eigenvalue weighted by Gasteiger charge is 2.14. The van der Waals surface area contributed by atoms with Crippen LogP contribution in [0.2, 0.25) is 10.0 Å². The number of hydrogen-bond acceptors (Lipinski definition) is 4. The fourth-order valence-corrected chi connectivity index (χ4v) is 2.43. The zero-order valence-corrected chi connectivity index (χ0v) is 13.0. The minimum atomic E-state index is -0.461. The normalized spacial score (nSPS) is 10.5. The van der Waals surface area contributed by atoms with Gasteiger partial charge < -0.3 is 4.90 Å². The van der Waals surface area contributed by atoms with Crippen LogP contribution in [0.25, 0.3) is 0 Å². The number of pyridine rings is 1. The van der Waals surface area contributed by atoms with E-state index in [1.807, 2.05) is 24.1 Å². The van der Waals surface area contributed by atoms with Gasteiger partial charge in [0.15, 0.2) is 0 Å². The van der Waals surface area contributed by atoms with Crippen LogP contribution < -0.4 is 4.90 Å². The lowest BCUT2D eigenvalue weighted by molar-refractivity contribution is -0.385. The molecule has 0 aliphatic heterocycles. The molecular weight excluding hydrogens is 313 g/mol. The average Bonchev–Trinajstić information content (AvgIpc) is 2.43. The summed E-state index contributed by atoms with van der Waals surface area (Å²) in [4.78, 5) is 16.3. The molecule has 1 heterocycles. The molecule has 21 heavy (non-hydrogen) atoms.